The van der Waals surface area contributed by atoms with E-state index in [1.807, 2.05) is 38.1 Å². The van der Waals surface area contributed by atoms with Gasteiger partial charge in [0.1, 0.15) is 0 Å². The van der Waals surface area contributed by atoms with Crippen molar-refractivity contribution in [1.82, 2.24) is 0 Å². The molecule has 0 aliphatic heterocycles. The van der Waals surface area contributed by atoms with Crippen molar-refractivity contribution in [3.8, 4) is 0 Å². The van der Waals surface area contributed by atoms with Crippen molar-refractivity contribution in [3.63, 3.8) is 0 Å². The first-order valence-electron chi connectivity index (χ1n) is 3.81. The van der Waals surface area contributed by atoms with Gasteiger partial charge in [-0.05, 0) is 0 Å². The fraction of sp³-hybridized carbons (Fsp3) is 0.167. The molecule has 2 heteroatoms. The van der Waals surface area contributed by atoms with Crippen molar-refractivity contribution in [3.05, 3.63) is 47.5 Å². The standard InChI is InChI=1S/C12H10.2Y/c1-3-5-11-7-9-12(6-4-2)10-8-11;;/h5-7,10H,1-2H3;;/q-4;;. The summed E-state index contributed by atoms with van der Waals surface area (Å²) in [6.45, 7) is 3.73. The SMILES string of the molecule is C[C-]=Cc1[c-]cc(C=[C-]C)[c-]c1.[Y].[Y]. The normalized spacial score (nSPS) is 9.86. The molecule has 1 aromatic carbocycles. The Morgan fingerprint density at radius 1 is 0.929 bits per heavy atom. The van der Waals surface area contributed by atoms with Crippen LogP contribution in [0.25, 0.3) is 12.2 Å². The van der Waals surface area contributed by atoms with Gasteiger partial charge in [0.25, 0.3) is 0 Å². The predicted molar refractivity (Wildman–Crippen MR) is 50.9 cm³/mol. The zero-order valence-electron chi connectivity index (χ0n) is 8.46. The second-order valence-corrected chi connectivity index (χ2v) is 2.35. The van der Waals surface area contributed by atoms with E-state index in [2.05, 4.69) is 24.3 Å². The van der Waals surface area contributed by atoms with Crippen LogP contribution in [0.5, 0.6) is 0 Å². The van der Waals surface area contributed by atoms with Gasteiger partial charge in [-0.25, -0.2) is 6.07 Å². The van der Waals surface area contributed by atoms with Gasteiger partial charge in [0.2, 0.25) is 0 Å². The van der Waals surface area contributed by atoms with Crippen LogP contribution in [0.15, 0.2) is 12.1 Å². The maximum absolute atomic E-state index is 3.10. The molecule has 1 rings (SSSR count). The fourth-order valence-electron chi connectivity index (χ4n) is 0.883. The third-order valence-corrected chi connectivity index (χ3v) is 1.39. The predicted octanol–water partition coefficient (Wildman–Crippen LogP) is 2.95. The van der Waals surface area contributed by atoms with E-state index in [1.54, 1.807) is 0 Å². The van der Waals surface area contributed by atoms with Crippen molar-refractivity contribution in [2.45, 2.75) is 13.8 Å². The van der Waals surface area contributed by atoms with Gasteiger partial charge in [0.05, 0.1) is 0 Å². The summed E-state index contributed by atoms with van der Waals surface area (Å²) in [5, 5.41) is 0. The summed E-state index contributed by atoms with van der Waals surface area (Å²) in [4.78, 5) is 0. The van der Waals surface area contributed by atoms with Gasteiger partial charge < -0.3 is 23.8 Å². The van der Waals surface area contributed by atoms with Gasteiger partial charge in [0.15, 0.2) is 0 Å². The Morgan fingerprint density at radius 3 is 1.50 bits per heavy atom. The topological polar surface area (TPSA) is 0 Å². The minimum Gasteiger partial charge on any atom is -0.330 e. The van der Waals surface area contributed by atoms with Crippen LogP contribution in [-0.4, -0.2) is 0 Å². The fourth-order valence-corrected chi connectivity index (χ4v) is 0.883. The molecule has 0 unspecified atom stereocenters. The molecule has 0 N–H and O–H groups in total. The Bertz CT molecular complexity index is 253. The van der Waals surface area contributed by atoms with E-state index in [0.717, 1.165) is 11.1 Å². The van der Waals surface area contributed by atoms with Crippen molar-refractivity contribution >= 4 is 12.2 Å². The molecule has 1 aromatic rings. The molecule has 0 saturated carbocycles. The Balaban J connectivity index is 0. The third kappa shape index (κ3) is 6.40. The monoisotopic (exact) mass is 332 g/mol. The second kappa shape index (κ2) is 10.4. The molecule has 0 aliphatic carbocycles. The molecule has 0 saturated heterocycles. The van der Waals surface area contributed by atoms with E-state index in [0.29, 0.717) is 0 Å². The Hall–Kier alpha value is 0.908. The Morgan fingerprint density at radius 2 is 1.29 bits per heavy atom. The first-order chi connectivity index (χ1) is 5.86. The summed E-state index contributed by atoms with van der Waals surface area (Å²) in [6, 6.07) is 9.98. The van der Waals surface area contributed by atoms with Gasteiger partial charge in [-0.1, -0.05) is 0 Å². The van der Waals surface area contributed by atoms with Gasteiger partial charge in [-0.15, -0.1) is 13.8 Å². The quantitative estimate of drug-likeness (QED) is 0.731. The average molecular weight is 332 g/mol. The summed E-state index contributed by atoms with van der Waals surface area (Å²) in [5.74, 6) is 0. The molecule has 0 spiro atoms. The molecule has 0 amide bonds. The molecule has 68 valence electrons. The van der Waals surface area contributed by atoms with Crippen LogP contribution in [-0.2, 0) is 65.4 Å². The summed E-state index contributed by atoms with van der Waals surface area (Å²) < 4.78 is 0. The first-order valence-corrected chi connectivity index (χ1v) is 3.81. The number of rotatable bonds is 2. The van der Waals surface area contributed by atoms with Crippen LogP contribution in [0.2, 0.25) is 0 Å². The number of allylic oxidation sites excluding steroid dienone is 2. The van der Waals surface area contributed by atoms with Crippen molar-refractivity contribution in [1.29, 1.82) is 0 Å². The van der Waals surface area contributed by atoms with Crippen LogP contribution < -0.4 is 0 Å². The summed E-state index contributed by atoms with van der Waals surface area (Å²) in [7, 11) is 0. The van der Waals surface area contributed by atoms with Crippen LogP contribution in [0, 0.1) is 24.3 Å². The molecule has 0 aromatic heterocycles. The van der Waals surface area contributed by atoms with Crippen LogP contribution >= 0.6 is 0 Å². The summed E-state index contributed by atoms with van der Waals surface area (Å²) in [5.41, 5.74) is 2.01. The minimum absolute atomic E-state index is 0. The maximum atomic E-state index is 3.10. The van der Waals surface area contributed by atoms with Gasteiger partial charge >= 0.3 is 0 Å². The van der Waals surface area contributed by atoms with Crippen molar-refractivity contribution in [2.75, 3.05) is 0 Å². The Labute approximate surface area is 137 Å². The molecule has 14 heavy (non-hydrogen) atoms. The number of hydrogen-bond donors (Lipinski definition) is 0. The van der Waals surface area contributed by atoms with Crippen LogP contribution in [0.1, 0.15) is 25.0 Å². The Kier molecular flexibility index (Phi) is 12.9. The molecular weight excluding hydrogens is 322 g/mol. The molecule has 2 radical (unpaired) electrons. The number of hydrogen-bond acceptors (Lipinski definition) is 0. The third-order valence-electron chi connectivity index (χ3n) is 1.39. The summed E-state index contributed by atoms with van der Waals surface area (Å²) >= 11 is 0. The minimum atomic E-state index is 0. The molecule has 0 fully saturated rings. The zero-order valence-corrected chi connectivity index (χ0v) is 14.1. The average Bonchev–Trinajstić information content (AvgIpc) is 2.09. The number of benzene rings is 1. The molecular formula is C12H10Y2-4. The largest absolute Gasteiger partial charge is 0.330 e. The van der Waals surface area contributed by atoms with Gasteiger partial charge in [-0.2, -0.15) is 0 Å². The van der Waals surface area contributed by atoms with E-state index >= 15 is 0 Å². The van der Waals surface area contributed by atoms with Crippen molar-refractivity contribution in [2.24, 2.45) is 0 Å². The van der Waals surface area contributed by atoms with E-state index in [4.69, 9.17) is 0 Å². The van der Waals surface area contributed by atoms with Crippen molar-refractivity contribution < 1.29 is 65.4 Å². The molecule has 0 aliphatic rings. The van der Waals surface area contributed by atoms with E-state index in [1.165, 1.54) is 0 Å². The smallest absolute Gasteiger partial charge is 0 e. The van der Waals surface area contributed by atoms with Crippen LogP contribution in [0.3, 0.4) is 0 Å². The van der Waals surface area contributed by atoms with E-state index in [-0.39, 0.29) is 65.4 Å². The molecule has 0 nitrogen and oxygen atoms in total. The van der Waals surface area contributed by atoms with E-state index in [9.17, 15) is 0 Å². The van der Waals surface area contributed by atoms with Gasteiger partial charge in [-0.3, -0.25) is 29.8 Å². The summed E-state index contributed by atoms with van der Waals surface area (Å²) in [6.07, 6.45) is 9.62. The second-order valence-electron chi connectivity index (χ2n) is 2.35. The first kappa shape index (κ1) is 17.3. The van der Waals surface area contributed by atoms with Gasteiger partial charge in [0, 0.05) is 65.4 Å². The maximum Gasteiger partial charge on any atom is 0 e. The molecule has 0 heterocycles. The molecule has 0 atom stereocenters. The zero-order chi connectivity index (χ0) is 8.81. The molecule has 0 bridgehead atoms. The van der Waals surface area contributed by atoms with Crippen LogP contribution in [0.4, 0.5) is 0 Å². The van der Waals surface area contributed by atoms with E-state index < -0.39 is 0 Å².